The SMILES string of the molecule is Cc1ccc(OCCN2C(=O)COc3ccc(NC(=O)COc4cc(C)ccc4C)cc32)cc1. The smallest absolute Gasteiger partial charge is 0.265 e. The average molecular weight is 461 g/mol. The van der Waals surface area contributed by atoms with Crippen molar-refractivity contribution < 1.29 is 23.8 Å². The summed E-state index contributed by atoms with van der Waals surface area (Å²) in [7, 11) is 0. The summed E-state index contributed by atoms with van der Waals surface area (Å²) in [5.41, 5.74) is 4.32. The lowest BCUT2D eigenvalue weighted by Crippen LogP contribution is -2.41. The molecule has 176 valence electrons. The van der Waals surface area contributed by atoms with Crippen LogP contribution in [0.5, 0.6) is 17.2 Å². The molecule has 1 aliphatic rings. The quantitative estimate of drug-likeness (QED) is 0.538. The van der Waals surface area contributed by atoms with Gasteiger partial charge in [0.05, 0.1) is 12.2 Å². The molecule has 1 aliphatic heterocycles. The second-order valence-electron chi connectivity index (χ2n) is 8.28. The molecule has 0 atom stereocenters. The van der Waals surface area contributed by atoms with E-state index in [1.165, 1.54) is 0 Å². The number of carbonyl (C=O) groups excluding carboxylic acids is 2. The van der Waals surface area contributed by atoms with Crippen molar-refractivity contribution >= 4 is 23.2 Å². The fourth-order valence-electron chi connectivity index (χ4n) is 3.62. The molecule has 1 heterocycles. The molecular weight excluding hydrogens is 432 g/mol. The van der Waals surface area contributed by atoms with E-state index in [9.17, 15) is 9.59 Å². The molecule has 0 saturated carbocycles. The Bertz CT molecular complexity index is 1190. The molecule has 3 aromatic rings. The van der Waals surface area contributed by atoms with E-state index in [2.05, 4.69) is 5.32 Å². The first-order valence-corrected chi connectivity index (χ1v) is 11.2. The van der Waals surface area contributed by atoms with Crippen molar-refractivity contribution in [2.75, 3.05) is 36.6 Å². The minimum absolute atomic E-state index is 0.0348. The second-order valence-corrected chi connectivity index (χ2v) is 8.28. The van der Waals surface area contributed by atoms with Gasteiger partial charge in [-0.15, -0.1) is 0 Å². The van der Waals surface area contributed by atoms with E-state index in [-0.39, 0.29) is 25.0 Å². The number of carbonyl (C=O) groups is 2. The first-order valence-electron chi connectivity index (χ1n) is 11.2. The Morgan fingerprint density at radius 1 is 0.971 bits per heavy atom. The van der Waals surface area contributed by atoms with E-state index in [1.807, 2.05) is 63.2 Å². The van der Waals surface area contributed by atoms with Gasteiger partial charge in [0.2, 0.25) is 0 Å². The maximum absolute atomic E-state index is 12.5. The number of aryl methyl sites for hydroxylation is 3. The van der Waals surface area contributed by atoms with Gasteiger partial charge in [-0.1, -0.05) is 29.8 Å². The van der Waals surface area contributed by atoms with Gasteiger partial charge in [-0.25, -0.2) is 0 Å². The predicted octanol–water partition coefficient (Wildman–Crippen LogP) is 4.43. The lowest BCUT2D eigenvalue weighted by molar-refractivity contribution is -0.121. The molecule has 3 aromatic carbocycles. The van der Waals surface area contributed by atoms with Crippen LogP contribution in [-0.2, 0) is 9.59 Å². The van der Waals surface area contributed by atoms with Crippen molar-refractivity contribution in [3.05, 3.63) is 77.4 Å². The van der Waals surface area contributed by atoms with Crippen LogP contribution in [0.2, 0.25) is 0 Å². The molecule has 0 bridgehead atoms. The number of amides is 2. The Balaban J connectivity index is 1.39. The molecule has 2 amide bonds. The molecule has 0 aliphatic carbocycles. The zero-order valence-electron chi connectivity index (χ0n) is 19.6. The molecule has 0 saturated heterocycles. The number of nitrogens with one attached hydrogen (secondary N) is 1. The minimum atomic E-state index is -0.293. The number of ether oxygens (including phenoxy) is 3. The summed E-state index contributed by atoms with van der Waals surface area (Å²) in [6.07, 6.45) is 0. The van der Waals surface area contributed by atoms with Gasteiger partial charge in [0.1, 0.15) is 23.9 Å². The highest BCUT2D eigenvalue weighted by molar-refractivity contribution is 5.99. The van der Waals surface area contributed by atoms with Gasteiger partial charge in [-0.3, -0.25) is 9.59 Å². The molecule has 7 heteroatoms. The number of fused-ring (bicyclic) bond motifs is 1. The normalized spacial score (nSPS) is 12.6. The third-order valence-corrected chi connectivity index (χ3v) is 5.49. The minimum Gasteiger partial charge on any atom is -0.492 e. The van der Waals surface area contributed by atoms with Crippen molar-refractivity contribution in [1.82, 2.24) is 0 Å². The predicted molar refractivity (Wildman–Crippen MR) is 131 cm³/mol. The molecule has 0 fully saturated rings. The van der Waals surface area contributed by atoms with E-state index in [0.717, 1.165) is 22.4 Å². The summed E-state index contributed by atoms with van der Waals surface area (Å²) in [6, 6.07) is 18.8. The van der Waals surface area contributed by atoms with Crippen molar-refractivity contribution in [2.45, 2.75) is 20.8 Å². The molecule has 0 aromatic heterocycles. The number of rotatable bonds is 8. The zero-order chi connectivity index (χ0) is 24.1. The summed E-state index contributed by atoms with van der Waals surface area (Å²) in [5.74, 6) is 1.55. The number of benzene rings is 3. The molecule has 0 unspecified atom stereocenters. The monoisotopic (exact) mass is 460 g/mol. The molecule has 0 radical (unpaired) electrons. The maximum Gasteiger partial charge on any atom is 0.265 e. The first-order chi connectivity index (χ1) is 16.4. The van der Waals surface area contributed by atoms with E-state index >= 15 is 0 Å². The van der Waals surface area contributed by atoms with E-state index in [0.29, 0.717) is 36.0 Å². The van der Waals surface area contributed by atoms with Crippen molar-refractivity contribution in [3.8, 4) is 17.2 Å². The highest BCUT2D eigenvalue weighted by atomic mass is 16.5. The van der Waals surface area contributed by atoms with Crippen molar-refractivity contribution in [2.24, 2.45) is 0 Å². The van der Waals surface area contributed by atoms with Crippen LogP contribution in [-0.4, -0.2) is 38.2 Å². The lowest BCUT2D eigenvalue weighted by Gasteiger charge is -2.29. The van der Waals surface area contributed by atoms with Gasteiger partial charge in [0.25, 0.3) is 11.8 Å². The van der Waals surface area contributed by atoms with Crippen LogP contribution in [0.15, 0.2) is 60.7 Å². The fraction of sp³-hybridized carbons (Fsp3) is 0.259. The second kappa shape index (κ2) is 10.3. The Hall–Kier alpha value is -4.00. The Labute approximate surface area is 199 Å². The van der Waals surface area contributed by atoms with E-state index in [1.54, 1.807) is 23.1 Å². The highest BCUT2D eigenvalue weighted by Crippen LogP contribution is 2.34. The van der Waals surface area contributed by atoms with Gasteiger partial charge >= 0.3 is 0 Å². The van der Waals surface area contributed by atoms with Crippen LogP contribution in [0.3, 0.4) is 0 Å². The van der Waals surface area contributed by atoms with Gasteiger partial charge in [0.15, 0.2) is 13.2 Å². The fourth-order valence-corrected chi connectivity index (χ4v) is 3.62. The van der Waals surface area contributed by atoms with Gasteiger partial charge in [-0.2, -0.15) is 0 Å². The standard InChI is InChI=1S/C27H28N2O5/c1-18-5-9-22(10-6-18)32-13-12-29-23-15-21(8-11-24(23)34-17-27(29)31)28-26(30)16-33-25-14-19(2)4-7-20(25)3/h4-11,14-15H,12-13,16-17H2,1-3H3,(H,28,30). The van der Waals surface area contributed by atoms with Crippen LogP contribution in [0, 0.1) is 20.8 Å². The summed E-state index contributed by atoms with van der Waals surface area (Å²) >= 11 is 0. The molecule has 7 nitrogen and oxygen atoms in total. The van der Waals surface area contributed by atoms with Crippen LogP contribution in [0.1, 0.15) is 16.7 Å². The maximum atomic E-state index is 12.5. The first kappa shape index (κ1) is 23.2. The summed E-state index contributed by atoms with van der Waals surface area (Å²) in [6.45, 7) is 6.45. The van der Waals surface area contributed by atoms with Crippen molar-refractivity contribution in [1.29, 1.82) is 0 Å². The Morgan fingerprint density at radius 3 is 2.53 bits per heavy atom. The Kier molecular flexibility index (Phi) is 7.01. The van der Waals surface area contributed by atoms with Crippen LogP contribution in [0.25, 0.3) is 0 Å². The number of anilines is 2. The van der Waals surface area contributed by atoms with E-state index < -0.39 is 0 Å². The van der Waals surface area contributed by atoms with Gasteiger partial charge in [-0.05, 0) is 68.3 Å². The number of nitrogens with zero attached hydrogens (tertiary/aromatic N) is 1. The summed E-state index contributed by atoms with van der Waals surface area (Å²) < 4.78 is 17.0. The highest BCUT2D eigenvalue weighted by Gasteiger charge is 2.26. The Morgan fingerprint density at radius 2 is 1.74 bits per heavy atom. The van der Waals surface area contributed by atoms with Crippen LogP contribution >= 0.6 is 0 Å². The van der Waals surface area contributed by atoms with Crippen molar-refractivity contribution in [3.63, 3.8) is 0 Å². The van der Waals surface area contributed by atoms with Crippen LogP contribution in [0.4, 0.5) is 11.4 Å². The molecular formula is C27H28N2O5. The van der Waals surface area contributed by atoms with E-state index in [4.69, 9.17) is 14.2 Å². The van der Waals surface area contributed by atoms with Gasteiger partial charge in [0, 0.05) is 5.69 Å². The summed E-state index contributed by atoms with van der Waals surface area (Å²) in [4.78, 5) is 26.6. The number of hydrogen-bond donors (Lipinski definition) is 1. The molecule has 0 spiro atoms. The topological polar surface area (TPSA) is 77.1 Å². The third-order valence-electron chi connectivity index (χ3n) is 5.49. The van der Waals surface area contributed by atoms with Gasteiger partial charge < -0.3 is 24.4 Å². The molecule has 1 N–H and O–H groups in total. The average Bonchev–Trinajstić information content (AvgIpc) is 2.82. The summed E-state index contributed by atoms with van der Waals surface area (Å²) in [5, 5.41) is 2.83. The lowest BCUT2D eigenvalue weighted by atomic mass is 10.1. The largest absolute Gasteiger partial charge is 0.492 e. The molecule has 34 heavy (non-hydrogen) atoms. The molecule has 4 rings (SSSR count). The third kappa shape index (κ3) is 5.67. The zero-order valence-corrected chi connectivity index (χ0v) is 19.6. The van der Waals surface area contributed by atoms with Crippen LogP contribution < -0.4 is 24.4 Å². The number of hydrogen-bond acceptors (Lipinski definition) is 5.